The second kappa shape index (κ2) is 5.48. The van der Waals surface area contributed by atoms with E-state index in [-0.39, 0.29) is 18.6 Å². The number of carboxylic acid groups (broad SMARTS) is 1. The van der Waals surface area contributed by atoms with Crippen molar-refractivity contribution < 1.29 is 14.7 Å². The fraction of sp³-hybridized carbons (Fsp3) is 0.600. The quantitative estimate of drug-likeness (QED) is 0.714. The summed E-state index contributed by atoms with van der Waals surface area (Å²) in [4.78, 5) is 23.8. The average molecular weight is 253 g/mol. The summed E-state index contributed by atoms with van der Waals surface area (Å²) in [7, 11) is 0. The summed E-state index contributed by atoms with van der Waals surface area (Å²) in [5.74, 6) is -0.992. The van der Waals surface area contributed by atoms with Crippen LogP contribution in [0.15, 0.2) is 12.4 Å². The molecular weight excluding hydrogens is 238 g/mol. The van der Waals surface area contributed by atoms with Gasteiger partial charge in [-0.1, -0.05) is 5.21 Å². The van der Waals surface area contributed by atoms with E-state index in [2.05, 4.69) is 15.6 Å². The molecule has 1 heterocycles. The minimum atomic E-state index is -0.992. The molecule has 2 N–H and O–H groups in total. The lowest BCUT2D eigenvalue weighted by Gasteiger charge is -2.20. The number of nitrogens with zero attached hydrogens (tertiary/aromatic N) is 4. The van der Waals surface area contributed by atoms with E-state index in [1.807, 2.05) is 0 Å². The number of urea groups is 1. The van der Waals surface area contributed by atoms with Crippen molar-refractivity contribution in [1.82, 2.24) is 25.2 Å². The number of carbonyl (C=O) groups is 2. The van der Waals surface area contributed by atoms with Gasteiger partial charge in [0, 0.05) is 18.8 Å². The van der Waals surface area contributed by atoms with E-state index in [4.69, 9.17) is 5.11 Å². The van der Waals surface area contributed by atoms with Crippen molar-refractivity contribution in [3.05, 3.63) is 12.4 Å². The fourth-order valence-corrected chi connectivity index (χ4v) is 1.63. The van der Waals surface area contributed by atoms with Crippen molar-refractivity contribution in [2.24, 2.45) is 0 Å². The standard InChI is InChI=1S/C10H15N5O3/c16-9(17)7-15(8-1-2-8)10(18)11-3-5-14-6-4-12-13-14/h4,6,8H,1-3,5,7H2,(H,11,18)(H,16,17). The Morgan fingerprint density at radius 3 is 2.83 bits per heavy atom. The molecule has 0 radical (unpaired) electrons. The number of amides is 2. The van der Waals surface area contributed by atoms with Crippen LogP contribution in [0, 0.1) is 0 Å². The summed E-state index contributed by atoms with van der Waals surface area (Å²) < 4.78 is 1.60. The number of rotatable bonds is 6. The number of carbonyl (C=O) groups excluding carboxylic acids is 1. The van der Waals surface area contributed by atoms with E-state index < -0.39 is 5.97 Å². The van der Waals surface area contributed by atoms with Crippen molar-refractivity contribution >= 4 is 12.0 Å². The van der Waals surface area contributed by atoms with Gasteiger partial charge in [0.15, 0.2) is 0 Å². The van der Waals surface area contributed by atoms with Gasteiger partial charge in [-0.05, 0) is 12.8 Å². The van der Waals surface area contributed by atoms with E-state index in [0.29, 0.717) is 13.1 Å². The maximum atomic E-state index is 11.8. The predicted molar refractivity (Wildman–Crippen MR) is 60.8 cm³/mol. The molecular formula is C10H15N5O3. The highest BCUT2D eigenvalue weighted by molar-refractivity contribution is 5.80. The van der Waals surface area contributed by atoms with Crippen molar-refractivity contribution in [2.45, 2.75) is 25.4 Å². The zero-order valence-corrected chi connectivity index (χ0v) is 9.82. The average Bonchev–Trinajstić information content (AvgIpc) is 3.03. The number of nitrogens with one attached hydrogen (secondary N) is 1. The number of hydrogen-bond acceptors (Lipinski definition) is 4. The molecule has 1 saturated carbocycles. The van der Waals surface area contributed by atoms with E-state index in [1.165, 1.54) is 4.90 Å². The van der Waals surface area contributed by atoms with Crippen LogP contribution in [0.2, 0.25) is 0 Å². The Labute approximate surface area is 104 Å². The van der Waals surface area contributed by atoms with Gasteiger partial charge in [0.1, 0.15) is 6.54 Å². The van der Waals surface area contributed by atoms with Gasteiger partial charge in [-0.3, -0.25) is 9.48 Å². The molecule has 18 heavy (non-hydrogen) atoms. The first-order valence-electron chi connectivity index (χ1n) is 5.77. The lowest BCUT2D eigenvalue weighted by atomic mass is 10.5. The summed E-state index contributed by atoms with van der Waals surface area (Å²) >= 11 is 0. The summed E-state index contributed by atoms with van der Waals surface area (Å²) in [6, 6.07) is -0.257. The van der Waals surface area contributed by atoms with Crippen LogP contribution < -0.4 is 5.32 Å². The Hall–Kier alpha value is -2.12. The second-order valence-corrected chi connectivity index (χ2v) is 4.15. The normalized spacial score (nSPS) is 14.2. The second-order valence-electron chi connectivity index (χ2n) is 4.15. The van der Waals surface area contributed by atoms with Crippen molar-refractivity contribution in [1.29, 1.82) is 0 Å². The smallest absolute Gasteiger partial charge is 0.323 e. The monoisotopic (exact) mass is 253 g/mol. The largest absolute Gasteiger partial charge is 0.480 e. The number of carboxylic acids is 1. The van der Waals surface area contributed by atoms with Crippen LogP contribution in [-0.2, 0) is 11.3 Å². The first kappa shape index (κ1) is 12.3. The minimum absolute atomic E-state index is 0.0764. The zero-order chi connectivity index (χ0) is 13.0. The summed E-state index contributed by atoms with van der Waals surface area (Å²) in [5, 5.41) is 18.8. The molecule has 0 aromatic carbocycles. The molecule has 2 rings (SSSR count). The molecule has 8 nitrogen and oxygen atoms in total. The molecule has 1 fully saturated rings. The van der Waals surface area contributed by atoms with E-state index >= 15 is 0 Å². The first-order valence-corrected chi connectivity index (χ1v) is 5.77. The molecule has 1 aliphatic carbocycles. The molecule has 1 aromatic rings. The topological polar surface area (TPSA) is 100 Å². The maximum absolute atomic E-state index is 11.8. The van der Waals surface area contributed by atoms with E-state index in [1.54, 1.807) is 17.1 Å². The van der Waals surface area contributed by atoms with Gasteiger partial charge in [-0.25, -0.2) is 4.79 Å². The molecule has 0 spiro atoms. The van der Waals surface area contributed by atoms with Crippen LogP contribution in [0.25, 0.3) is 0 Å². The molecule has 1 aromatic heterocycles. The summed E-state index contributed by atoms with van der Waals surface area (Å²) in [6.45, 7) is 0.655. The Kier molecular flexibility index (Phi) is 3.75. The van der Waals surface area contributed by atoms with Gasteiger partial charge in [0.25, 0.3) is 0 Å². The lowest BCUT2D eigenvalue weighted by molar-refractivity contribution is -0.137. The number of aromatic nitrogens is 3. The molecule has 0 unspecified atom stereocenters. The lowest BCUT2D eigenvalue weighted by Crippen LogP contribution is -2.44. The molecule has 0 bridgehead atoms. The van der Waals surface area contributed by atoms with E-state index in [9.17, 15) is 9.59 Å². The maximum Gasteiger partial charge on any atom is 0.323 e. The van der Waals surface area contributed by atoms with Crippen molar-refractivity contribution in [3.63, 3.8) is 0 Å². The zero-order valence-electron chi connectivity index (χ0n) is 9.82. The van der Waals surface area contributed by atoms with Gasteiger partial charge in [0.2, 0.25) is 0 Å². The van der Waals surface area contributed by atoms with E-state index in [0.717, 1.165) is 12.8 Å². The molecule has 1 aliphatic rings. The molecule has 2 amide bonds. The van der Waals surface area contributed by atoms with Crippen molar-refractivity contribution in [3.8, 4) is 0 Å². The molecule has 8 heteroatoms. The summed E-state index contributed by atoms with van der Waals surface area (Å²) in [5.41, 5.74) is 0. The molecule has 98 valence electrons. The highest BCUT2D eigenvalue weighted by Gasteiger charge is 2.33. The predicted octanol–water partition coefficient (Wildman–Crippen LogP) is -0.463. The van der Waals surface area contributed by atoms with Crippen LogP contribution in [0.1, 0.15) is 12.8 Å². The number of aliphatic carboxylic acids is 1. The Balaban J connectivity index is 1.76. The van der Waals surface area contributed by atoms with Crippen LogP contribution in [0.4, 0.5) is 4.79 Å². The third kappa shape index (κ3) is 3.44. The molecule has 0 saturated heterocycles. The van der Waals surface area contributed by atoms with Gasteiger partial charge >= 0.3 is 12.0 Å². The molecule has 0 atom stereocenters. The third-order valence-electron chi connectivity index (χ3n) is 2.64. The Morgan fingerprint density at radius 1 is 1.50 bits per heavy atom. The van der Waals surface area contributed by atoms with Crippen LogP contribution in [0.3, 0.4) is 0 Å². The molecule has 0 aliphatic heterocycles. The SMILES string of the molecule is O=C(O)CN(C(=O)NCCn1ccnn1)C1CC1. The summed E-state index contributed by atoms with van der Waals surface area (Å²) in [6.07, 6.45) is 5.01. The highest BCUT2D eigenvalue weighted by Crippen LogP contribution is 2.26. The Morgan fingerprint density at radius 2 is 2.28 bits per heavy atom. The van der Waals surface area contributed by atoms with Crippen LogP contribution in [-0.4, -0.2) is 56.1 Å². The first-order chi connectivity index (χ1) is 8.66. The van der Waals surface area contributed by atoms with Crippen molar-refractivity contribution in [2.75, 3.05) is 13.1 Å². The Bertz CT molecular complexity index is 415. The van der Waals surface area contributed by atoms with Gasteiger partial charge in [-0.2, -0.15) is 0 Å². The fourth-order valence-electron chi connectivity index (χ4n) is 1.63. The van der Waals surface area contributed by atoms with Crippen LogP contribution in [0.5, 0.6) is 0 Å². The highest BCUT2D eigenvalue weighted by atomic mass is 16.4. The minimum Gasteiger partial charge on any atom is -0.480 e. The van der Waals surface area contributed by atoms with Gasteiger partial charge in [0.05, 0.1) is 12.7 Å². The van der Waals surface area contributed by atoms with Gasteiger partial charge in [-0.15, -0.1) is 5.10 Å². The van der Waals surface area contributed by atoms with Gasteiger partial charge < -0.3 is 15.3 Å². The number of hydrogen-bond donors (Lipinski definition) is 2. The third-order valence-corrected chi connectivity index (χ3v) is 2.64. The van der Waals surface area contributed by atoms with Crippen LogP contribution >= 0.6 is 0 Å².